The topological polar surface area (TPSA) is 93.9 Å². The molecule has 3 rings (SSSR count). The number of methoxy groups -OCH3 is 1. The molecular formula is C23H25N3O5. The molecule has 0 atom stereocenters. The van der Waals surface area contributed by atoms with Crippen LogP contribution >= 0.6 is 0 Å². The minimum absolute atomic E-state index is 0.0830. The number of aryl methyl sites for hydroxylation is 2. The van der Waals surface area contributed by atoms with Gasteiger partial charge in [-0.3, -0.25) is 9.59 Å². The van der Waals surface area contributed by atoms with Gasteiger partial charge in [-0.05, 0) is 44.2 Å². The summed E-state index contributed by atoms with van der Waals surface area (Å²) in [5.74, 6) is 1.01. The van der Waals surface area contributed by atoms with E-state index in [1.165, 1.54) is 12.0 Å². The summed E-state index contributed by atoms with van der Waals surface area (Å²) in [5.41, 5.74) is 2.69. The van der Waals surface area contributed by atoms with Crippen LogP contribution in [0.15, 0.2) is 53.1 Å². The highest BCUT2D eigenvalue weighted by Gasteiger charge is 2.18. The second-order valence-corrected chi connectivity index (χ2v) is 7.03. The number of carbonyl (C=O) groups is 2. The number of likely N-dealkylation sites (N-methyl/N-ethyl adjacent to an activating group) is 1. The number of para-hydroxylation sites is 1. The third-order valence-electron chi connectivity index (χ3n) is 4.75. The lowest BCUT2D eigenvalue weighted by molar-refractivity contribution is -0.116. The van der Waals surface area contributed by atoms with Gasteiger partial charge in [0.2, 0.25) is 5.91 Å². The van der Waals surface area contributed by atoms with E-state index < -0.39 is 0 Å². The van der Waals surface area contributed by atoms with Gasteiger partial charge >= 0.3 is 0 Å². The smallest absolute Gasteiger partial charge is 0.254 e. The van der Waals surface area contributed by atoms with Gasteiger partial charge in [-0.1, -0.05) is 23.4 Å². The standard InChI is InChI=1S/C23H25N3O5/c1-15-19(16(2)31-25-15)14-30-20-11-10-17(12-21(20)29-4)23(28)26(3)13-22(27)24-18-8-6-5-7-9-18/h5-12H,13-14H2,1-4H3,(H,24,27). The van der Waals surface area contributed by atoms with Gasteiger partial charge in [0, 0.05) is 18.3 Å². The van der Waals surface area contributed by atoms with Crippen molar-refractivity contribution in [1.29, 1.82) is 0 Å². The fraction of sp³-hybridized carbons (Fsp3) is 0.261. The van der Waals surface area contributed by atoms with Gasteiger partial charge in [-0.25, -0.2) is 0 Å². The Hall–Kier alpha value is -3.81. The van der Waals surface area contributed by atoms with Crippen molar-refractivity contribution in [3.05, 3.63) is 71.1 Å². The number of carbonyl (C=O) groups excluding carboxylic acids is 2. The fourth-order valence-corrected chi connectivity index (χ4v) is 3.01. The van der Waals surface area contributed by atoms with E-state index in [2.05, 4.69) is 10.5 Å². The Bertz CT molecular complexity index is 1040. The van der Waals surface area contributed by atoms with Crippen LogP contribution in [0.1, 0.15) is 27.4 Å². The lowest BCUT2D eigenvalue weighted by Gasteiger charge is -2.18. The second kappa shape index (κ2) is 9.80. The molecule has 0 spiro atoms. The van der Waals surface area contributed by atoms with Crippen molar-refractivity contribution < 1.29 is 23.6 Å². The van der Waals surface area contributed by atoms with Crippen molar-refractivity contribution in [3.63, 3.8) is 0 Å². The molecule has 0 unspecified atom stereocenters. The van der Waals surface area contributed by atoms with Crippen LogP contribution in [0.25, 0.3) is 0 Å². The highest BCUT2D eigenvalue weighted by Crippen LogP contribution is 2.30. The Kier molecular flexibility index (Phi) is 6.92. The molecule has 0 fully saturated rings. The molecule has 31 heavy (non-hydrogen) atoms. The van der Waals surface area contributed by atoms with E-state index in [0.29, 0.717) is 28.5 Å². The molecule has 162 valence electrons. The van der Waals surface area contributed by atoms with Crippen LogP contribution in [-0.2, 0) is 11.4 Å². The van der Waals surface area contributed by atoms with Gasteiger partial charge in [-0.15, -0.1) is 0 Å². The third kappa shape index (κ3) is 5.42. The summed E-state index contributed by atoms with van der Waals surface area (Å²) in [5, 5.41) is 6.67. The molecule has 0 bridgehead atoms. The Morgan fingerprint density at radius 2 is 1.84 bits per heavy atom. The minimum atomic E-state index is -0.307. The molecule has 0 aliphatic rings. The molecular weight excluding hydrogens is 398 g/mol. The van der Waals surface area contributed by atoms with E-state index in [1.54, 1.807) is 37.4 Å². The Morgan fingerprint density at radius 1 is 1.10 bits per heavy atom. The predicted molar refractivity (Wildman–Crippen MR) is 115 cm³/mol. The molecule has 1 heterocycles. The number of aromatic nitrogens is 1. The molecule has 3 aromatic rings. The second-order valence-electron chi connectivity index (χ2n) is 7.03. The molecule has 1 N–H and O–H groups in total. The zero-order valence-corrected chi connectivity index (χ0v) is 18.0. The molecule has 2 aromatic carbocycles. The van der Waals surface area contributed by atoms with Crippen LogP contribution < -0.4 is 14.8 Å². The Labute approximate surface area is 180 Å². The van der Waals surface area contributed by atoms with Gasteiger partial charge < -0.3 is 24.2 Å². The number of anilines is 1. The van der Waals surface area contributed by atoms with Crippen molar-refractivity contribution in [1.82, 2.24) is 10.1 Å². The van der Waals surface area contributed by atoms with Gasteiger partial charge in [-0.2, -0.15) is 0 Å². The van der Waals surface area contributed by atoms with E-state index in [9.17, 15) is 9.59 Å². The number of ether oxygens (including phenoxy) is 2. The number of nitrogens with zero attached hydrogens (tertiary/aromatic N) is 2. The lowest BCUT2D eigenvalue weighted by atomic mass is 10.1. The van der Waals surface area contributed by atoms with Gasteiger partial charge in [0.05, 0.1) is 24.9 Å². The van der Waals surface area contributed by atoms with Crippen molar-refractivity contribution in [2.24, 2.45) is 0 Å². The van der Waals surface area contributed by atoms with Crippen molar-refractivity contribution in [3.8, 4) is 11.5 Å². The number of hydrogen-bond donors (Lipinski definition) is 1. The largest absolute Gasteiger partial charge is 0.493 e. The fourth-order valence-electron chi connectivity index (χ4n) is 3.01. The maximum Gasteiger partial charge on any atom is 0.254 e. The van der Waals surface area contributed by atoms with Crippen LogP contribution in [0.4, 0.5) is 5.69 Å². The summed E-state index contributed by atoms with van der Waals surface area (Å²) in [6.45, 7) is 3.85. The Morgan fingerprint density at radius 3 is 2.48 bits per heavy atom. The summed E-state index contributed by atoms with van der Waals surface area (Å²) < 4.78 is 16.4. The summed E-state index contributed by atoms with van der Waals surface area (Å²) in [6.07, 6.45) is 0. The van der Waals surface area contributed by atoms with E-state index in [4.69, 9.17) is 14.0 Å². The maximum absolute atomic E-state index is 12.8. The summed E-state index contributed by atoms with van der Waals surface area (Å²) in [7, 11) is 3.07. The molecule has 0 saturated carbocycles. The SMILES string of the molecule is COc1cc(C(=O)N(C)CC(=O)Nc2ccccc2)ccc1OCc1c(C)noc1C. The quantitative estimate of drug-likeness (QED) is 0.595. The van der Waals surface area contributed by atoms with Crippen LogP contribution in [0.3, 0.4) is 0 Å². The van der Waals surface area contributed by atoms with Crippen molar-refractivity contribution >= 4 is 17.5 Å². The normalized spacial score (nSPS) is 10.5. The molecule has 0 aliphatic heterocycles. The van der Waals surface area contributed by atoms with Crippen molar-refractivity contribution in [2.45, 2.75) is 20.5 Å². The number of nitrogens with one attached hydrogen (secondary N) is 1. The molecule has 2 amide bonds. The van der Waals surface area contributed by atoms with Gasteiger partial charge in [0.25, 0.3) is 5.91 Å². The highest BCUT2D eigenvalue weighted by atomic mass is 16.5. The molecule has 0 radical (unpaired) electrons. The first kappa shape index (κ1) is 21.9. The first-order chi connectivity index (χ1) is 14.9. The number of rotatable bonds is 8. The molecule has 8 nitrogen and oxygen atoms in total. The van der Waals surface area contributed by atoms with Crippen molar-refractivity contribution in [2.75, 3.05) is 26.0 Å². The summed E-state index contributed by atoms with van der Waals surface area (Å²) in [6, 6.07) is 14.0. The number of amides is 2. The predicted octanol–water partition coefficient (Wildman–Crippen LogP) is 3.59. The molecule has 8 heteroatoms. The number of benzene rings is 2. The zero-order valence-electron chi connectivity index (χ0n) is 18.0. The van der Waals surface area contributed by atoms with Gasteiger partial charge in [0.15, 0.2) is 11.5 Å². The average molecular weight is 423 g/mol. The van der Waals surface area contributed by atoms with Crippen LogP contribution in [0.5, 0.6) is 11.5 Å². The van der Waals surface area contributed by atoms with E-state index in [-0.39, 0.29) is 25.0 Å². The first-order valence-electron chi connectivity index (χ1n) is 9.72. The van der Waals surface area contributed by atoms with E-state index >= 15 is 0 Å². The third-order valence-corrected chi connectivity index (χ3v) is 4.75. The molecule has 0 saturated heterocycles. The Balaban J connectivity index is 1.64. The van der Waals surface area contributed by atoms with Crippen LogP contribution in [-0.4, -0.2) is 42.6 Å². The van der Waals surface area contributed by atoms with E-state index in [1.807, 2.05) is 32.0 Å². The van der Waals surface area contributed by atoms with E-state index in [0.717, 1.165) is 11.3 Å². The first-order valence-corrected chi connectivity index (χ1v) is 9.72. The molecule has 1 aromatic heterocycles. The van der Waals surface area contributed by atoms with Crippen LogP contribution in [0, 0.1) is 13.8 Å². The summed E-state index contributed by atoms with van der Waals surface area (Å²) >= 11 is 0. The minimum Gasteiger partial charge on any atom is -0.493 e. The molecule has 0 aliphatic carbocycles. The average Bonchev–Trinajstić information content (AvgIpc) is 3.09. The maximum atomic E-state index is 12.8. The van der Waals surface area contributed by atoms with Gasteiger partial charge in [0.1, 0.15) is 12.4 Å². The summed E-state index contributed by atoms with van der Waals surface area (Å²) in [4.78, 5) is 26.3. The zero-order chi connectivity index (χ0) is 22.4. The monoisotopic (exact) mass is 423 g/mol. The lowest BCUT2D eigenvalue weighted by Crippen LogP contribution is -2.34. The van der Waals surface area contributed by atoms with Crippen LogP contribution in [0.2, 0.25) is 0 Å². The number of hydrogen-bond acceptors (Lipinski definition) is 6. The highest BCUT2D eigenvalue weighted by molar-refractivity contribution is 5.99.